The molecule has 0 aliphatic heterocycles. The van der Waals surface area contributed by atoms with Crippen LogP contribution in [-0.4, -0.2) is 33.1 Å². The van der Waals surface area contributed by atoms with Crippen molar-refractivity contribution in [1.29, 1.82) is 0 Å². The smallest absolute Gasteiger partial charge is 0.266 e. The summed E-state index contributed by atoms with van der Waals surface area (Å²) >= 11 is 0. The molecule has 4 aromatic rings. The molecule has 0 bridgehead atoms. The van der Waals surface area contributed by atoms with Crippen molar-refractivity contribution in [2.24, 2.45) is 0 Å². The lowest BCUT2D eigenvalue weighted by Gasteiger charge is -2.09. The monoisotopic (exact) mass is 398 g/mol. The van der Waals surface area contributed by atoms with Crippen LogP contribution in [0.3, 0.4) is 0 Å². The third-order valence-electron chi connectivity index (χ3n) is 3.62. The van der Waals surface area contributed by atoms with Crippen LogP contribution in [0.1, 0.15) is 5.82 Å². The van der Waals surface area contributed by atoms with Crippen molar-refractivity contribution < 1.29 is 17.7 Å². The van der Waals surface area contributed by atoms with E-state index in [2.05, 4.69) is 29.4 Å². The van der Waals surface area contributed by atoms with Gasteiger partial charge in [0.05, 0.1) is 6.20 Å². The number of aryl methyl sites for hydroxylation is 1. The highest BCUT2D eigenvalue weighted by Gasteiger charge is 2.16. The van der Waals surface area contributed by atoms with Crippen LogP contribution in [0, 0.1) is 6.92 Å². The molecule has 0 saturated heterocycles. The fraction of sp³-hybridized carbons (Fsp3) is 0.0588. The van der Waals surface area contributed by atoms with E-state index in [-0.39, 0.29) is 4.90 Å². The first-order valence-corrected chi connectivity index (χ1v) is 9.52. The predicted molar refractivity (Wildman–Crippen MR) is 97.7 cm³/mol. The number of sulfonamides is 1. The highest BCUT2D eigenvalue weighted by molar-refractivity contribution is 7.92. The van der Waals surface area contributed by atoms with Crippen molar-refractivity contribution in [3.63, 3.8) is 0 Å². The number of hydrogen-bond acceptors (Lipinski definition) is 8. The quantitative estimate of drug-likeness (QED) is 0.525. The van der Waals surface area contributed by atoms with Gasteiger partial charge in [-0.15, -0.1) is 0 Å². The molecule has 0 fully saturated rings. The van der Waals surface area contributed by atoms with E-state index < -0.39 is 10.0 Å². The van der Waals surface area contributed by atoms with E-state index in [1.807, 2.05) is 0 Å². The zero-order valence-electron chi connectivity index (χ0n) is 14.6. The normalized spacial score (nSPS) is 11.3. The fourth-order valence-electron chi connectivity index (χ4n) is 2.36. The van der Waals surface area contributed by atoms with Crippen LogP contribution in [-0.2, 0) is 10.0 Å². The summed E-state index contributed by atoms with van der Waals surface area (Å²) in [6, 6.07) is 8.08. The maximum Gasteiger partial charge on any atom is 0.266 e. The van der Waals surface area contributed by atoms with Gasteiger partial charge in [-0.3, -0.25) is 9.29 Å². The molecule has 3 aromatic heterocycles. The largest absolute Gasteiger partial charge is 0.439 e. The van der Waals surface area contributed by atoms with Crippen molar-refractivity contribution in [3.05, 3.63) is 67.3 Å². The number of ether oxygens (including phenoxy) is 1. The maximum absolute atomic E-state index is 12.2. The average Bonchev–Trinajstić information content (AvgIpc) is 3.37. The molecule has 0 radical (unpaired) electrons. The Morgan fingerprint density at radius 3 is 2.68 bits per heavy atom. The van der Waals surface area contributed by atoms with E-state index in [0.29, 0.717) is 29.0 Å². The van der Waals surface area contributed by atoms with Crippen LogP contribution in [0.4, 0.5) is 5.69 Å². The zero-order valence-corrected chi connectivity index (χ0v) is 15.4. The fourth-order valence-corrected chi connectivity index (χ4v) is 3.27. The van der Waals surface area contributed by atoms with Crippen LogP contribution in [0.5, 0.6) is 11.6 Å². The molecule has 3 heterocycles. The van der Waals surface area contributed by atoms with Gasteiger partial charge in [-0.2, -0.15) is 4.98 Å². The van der Waals surface area contributed by atoms with Gasteiger partial charge in [0.25, 0.3) is 10.0 Å². The Morgan fingerprint density at radius 1 is 1.18 bits per heavy atom. The predicted octanol–water partition coefficient (Wildman–Crippen LogP) is 2.55. The van der Waals surface area contributed by atoms with Gasteiger partial charge in [-0.05, 0) is 31.2 Å². The molecule has 0 atom stereocenters. The number of benzene rings is 1. The summed E-state index contributed by atoms with van der Waals surface area (Å²) in [5.41, 5.74) is 0.367. The molecular weight excluding hydrogens is 384 g/mol. The Balaban J connectivity index is 1.51. The molecule has 11 heteroatoms. The lowest BCUT2D eigenvalue weighted by molar-refractivity contribution is 0.417. The standard InChI is InChI=1S/C17H14N6O4S/c1-12-20-16(23-7-6-18-11-23)8-17(21-12)27-14-4-2-13(3-5-14)22-28(24,25)15-9-19-26-10-15/h2-11,22H,1H3. The molecule has 1 N–H and O–H groups in total. The molecule has 4 rings (SSSR count). The van der Waals surface area contributed by atoms with Crippen molar-refractivity contribution >= 4 is 15.7 Å². The number of imidazole rings is 1. The Hall–Kier alpha value is -3.73. The molecule has 10 nitrogen and oxygen atoms in total. The number of nitrogens with zero attached hydrogens (tertiary/aromatic N) is 5. The van der Waals surface area contributed by atoms with Crippen LogP contribution in [0.15, 0.2) is 70.9 Å². The summed E-state index contributed by atoms with van der Waals surface area (Å²) < 4.78 is 38.8. The lowest BCUT2D eigenvalue weighted by Crippen LogP contribution is -2.11. The molecule has 0 saturated carbocycles. The van der Waals surface area contributed by atoms with Gasteiger partial charge in [-0.1, -0.05) is 5.16 Å². The Bertz CT molecular complexity index is 1170. The number of hydrogen-bond donors (Lipinski definition) is 1. The maximum atomic E-state index is 12.2. The SMILES string of the molecule is Cc1nc(Oc2ccc(NS(=O)(=O)c3cnoc3)cc2)cc(-n2ccnc2)n1. The molecular formula is C17H14N6O4S. The van der Waals surface area contributed by atoms with Crippen molar-refractivity contribution in [2.45, 2.75) is 11.8 Å². The summed E-state index contributed by atoms with van der Waals surface area (Å²) in [6.45, 7) is 1.76. The number of aromatic nitrogens is 5. The van der Waals surface area contributed by atoms with Crippen molar-refractivity contribution in [1.82, 2.24) is 24.7 Å². The number of anilines is 1. The Morgan fingerprint density at radius 2 is 2.00 bits per heavy atom. The lowest BCUT2D eigenvalue weighted by atomic mass is 10.3. The third-order valence-corrected chi connectivity index (χ3v) is 4.95. The zero-order chi connectivity index (χ0) is 19.6. The summed E-state index contributed by atoms with van der Waals surface area (Å²) in [5.74, 6) is 2.01. The molecule has 0 aliphatic carbocycles. The second kappa shape index (κ2) is 7.12. The summed E-state index contributed by atoms with van der Waals surface area (Å²) in [6.07, 6.45) is 7.21. The first-order valence-electron chi connectivity index (χ1n) is 8.04. The Labute approximate surface area is 159 Å². The second-order valence-corrected chi connectivity index (χ2v) is 7.36. The summed E-state index contributed by atoms with van der Waals surface area (Å²) in [5, 5.41) is 3.39. The summed E-state index contributed by atoms with van der Waals surface area (Å²) in [7, 11) is -3.75. The van der Waals surface area contributed by atoms with Gasteiger partial charge in [0.1, 0.15) is 34.9 Å². The number of rotatable bonds is 6. The summed E-state index contributed by atoms with van der Waals surface area (Å²) in [4.78, 5) is 12.5. The van der Waals surface area contributed by atoms with E-state index >= 15 is 0 Å². The molecule has 0 unspecified atom stereocenters. The molecule has 142 valence electrons. The first-order chi connectivity index (χ1) is 13.5. The van der Waals surface area contributed by atoms with Gasteiger partial charge in [0.15, 0.2) is 0 Å². The molecule has 0 amide bonds. The van der Waals surface area contributed by atoms with Gasteiger partial charge in [0, 0.05) is 24.1 Å². The minimum absolute atomic E-state index is 0.0590. The molecule has 28 heavy (non-hydrogen) atoms. The number of nitrogens with one attached hydrogen (secondary N) is 1. The minimum atomic E-state index is -3.75. The van der Waals surface area contributed by atoms with E-state index in [9.17, 15) is 8.42 Å². The average molecular weight is 398 g/mol. The Kier molecular flexibility index (Phi) is 4.49. The molecule has 0 aliphatic rings. The van der Waals surface area contributed by atoms with E-state index in [1.54, 1.807) is 60.5 Å². The van der Waals surface area contributed by atoms with Crippen LogP contribution >= 0.6 is 0 Å². The second-order valence-electron chi connectivity index (χ2n) is 5.67. The van der Waals surface area contributed by atoms with Crippen LogP contribution in [0.25, 0.3) is 5.82 Å². The first kappa shape index (κ1) is 17.7. The van der Waals surface area contributed by atoms with Gasteiger partial charge in [-0.25, -0.2) is 18.4 Å². The highest BCUT2D eigenvalue weighted by Crippen LogP contribution is 2.24. The molecule has 0 spiro atoms. The van der Waals surface area contributed by atoms with E-state index in [1.165, 1.54) is 0 Å². The van der Waals surface area contributed by atoms with Crippen molar-refractivity contribution in [2.75, 3.05) is 4.72 Å². The van der Waals surface area contributed by atoms with E-state index in [4.69, 9.17) is 4.74 Å². The highest BCUT2D eigenvalue weighted by atomic mass is 32.2. The molecule has 1 aromatic carbocycles. The van der Waals surface area contributed by atoms with Crippen LogP contribution in [0.2, 0.25) is 0 Å². The van der Waals surface area contributed by atoms with Crippen molar-refractivity contribution in [3.8, 4) is 17.4 Å². The van der Waals surface area contributed by atoms with E-state index in [0.717, 1.165) is 12.5 Å². The minimum Gasteiger partial charge on any atom is -0.439 e. The van der Waals surface area contributed by atoms with Gasteiger partial charge in [0.2, 0.25) is 5.88 Å². The van der Waals surface area contributed by atoms with Gasteiger partial charge >= 0.3 is 0 Å². The van der Waals surface area contributed by atoms with Gasteiger partial charge < -0.3 is 9.26 Å². The van der Waals surface area contributed by atoms with Crippen LogP contribution < -0.4 is 9.46 Å². The third kappa shape index (κ3) is 3.83. The topological polar surface area (TPSA) is 125 Å².